The zero-order chi connectivity index (χ0) is 52.9. The minimum atomic E-state index is -0.797. The van der Waals surface area contributed by atoms with E-state index in [2.05, 4.69) is 81.5 Å². The van der Waals surface area contributed by atoms with E-state index < -0.39 is 6.10 Å². The highest BCUT2D eigenvalue weighted by molar-refractivity contribution is 5.71. The highest BCUT2D eigenvalue weighted by atomic mass is 16.6. The third kappa shape index (κ3) is 59.3. The Morgan fingerprint density at radius 3 is 0.836 bits per heavy atom. The molecular formula is C67H116O6. The Kier molecular flexibility index (Phi) is 58.3. The minimum Gasteiger partial charge on any atom is -0.462 e. The molecule has 6 nitrogen and oxygen atoms in total. The highest BCUT2D eigenvalue weighted by Crippen LogP contribution is 2.17. The Labute approximate surface area is 452 Å². The number of esters is 3. The fourth-order valence-electron chi connectivity index (χ4n) is 8.82. The van der Waals surface area contributed by atoms with Crippen LogP contribution in [-0.2, 0) is 28.6 Å². The quantitative estimate of drug-likeness (QED) is 0.0261. The van der Waals surface area contributed by atoms with Crippen molar-refractivity contribution in [3.8, 4) is 0 Å². The van der Waals surface area contributed by atoms with Gasteiger partial charge in [0, 0.05) is 19.3 Å². The number of carbonyl (C=O) groups is 3. The maximum absolute atomic E-state index is 12.9. The van der Waals surface area contributed by atoms with E-state index in [9.17, 15) is 14.4 Å². The van der Waals surface area contributed by atoms with E-state index in [0.29, 0.717) is 19.3 Å². The van der Waals surface area contributed by atoms with Gasteiger partial charge in [-0.15, -0.1) is 0 Å². The van der Waals surface area contributed by atoms with Crippen LogP contribution in [0.25, 0.3) is 0 Å². The van der Waals surface area contributed by atoms with Crippen molar-refractivity contribution in [1.29, 1.82) is 0 Å². The summed E-state index contributed by atoms with van der Waals surface area (Å²) in [7, 11) is 0. The first kappa shape index (κ1) is 69.6. The lowest BCUT2D eigenvalue weighted by molar-refractivity contribution is -0.167. The van der Waals surface area contributed by atoms with Crippen molar-refractivity contribution in [3.05, 3.63) is 85.1 Å². The second-order valence-corrected chi connectivity index (χ2v) is 20.8. The predicted molar refractivity (Wildman–Crippen MR) is 316 cm³/mol. The SMILES string of the molecule is CCC\C=C/C=C\C=C/C=C\C=C/CCCCCCCC(=O)OC(COC(=O)CCCCCCC/C=C\C=C/CCCCCCCCC)COC(=O)CCCCCCCCCCCCCCCCCCCCC. The third-order valence-corrected chi connectivity index (χ3v) is 13.5. The van der Waals surface area contributed by atoms with Crippen molar-refractivity contribution in [1.82, 2.24) is 0 Å². The molecule has 0 N–H and O–H groups in total. The molecule has 0 spiro atoms. The Morgan fingerprint density at radius 2 is 0.521 bits per heavy atom. The van der Waals surface area contributed by atoms with Crippen molar-refractivity contribution in [2.24, 2.45) is 0 Å². The second kappa shape index (κ2) is 61.1. The van der Waals surface area contributed by atoms with Crippen LogP contribution in [0.4, 0.5) is 0 Å². The van der Waals surface area contributed by atoms with Crippen molar-refractivity contribution in [2.45, 2.75) is 309 Å². The van der Waals surface area contributed by atoms with Crippen molar-refractivity contribution >= 4 is 17.9 Å². The summed E-state index contributed by atoms with van der Waals surface area (Å²) in [6, 6.07) is 0. The molecule has 6 heteroatoms. The number of ether oxygens (including phenoxy) is 3. The second-order valence-electron chi connectivity index (χ2n) is 20.8. The summed E-state index contributed by atoms with van der Waals surface area (Å²) in [6.45, 7) is 6.55. The summed E-state index contributed by atoms with van der Waals surface area (Å²) in [4.78, 5) is 38.3. The lowest BCUT2D eigenvalue weighted by atomic mass is 10.0. The standard InChI is InChI=1S/C67H116O6/c1-4-7-10-13-16-19-22-25-28-31-34-37-39-42-45-48-51-54-57-60-66(69)72-63-64(73-67(70)61-58-55-52-49-46-43-40-36-33-30-27-24-21-18-15-12-9-6-3)62-71-65(68)59-56-53-50-47-44-41-38-35-32-29-26-23-20-17-14-11-8-5-2/h12,15,18,21,24,27,29-30,32-33,35-36,38,40,64H,4-11,13-14,16-17,19-20,22-23,25-26,28,31,34,37,39,41-63H2,1-3H3/b15-12-,21-18-,27-24-,32-29-,33-30-,38-35-,40-36-. The third-order valence-electron chi connectivity index (χ3n) is 13.5. The van der Waals surface area contributed by atoms with Gasteiger partial charge < -0.3 is 14.2 Å². The van der Waals surface area contributed by atoms with Gasteiger partial charge in [0.15, 0.2) is 6.10 Å². The molecule has 0 aromatic carbocycles. The number of unbranched alkanes of at least 4 members (excludes halogenated alkanes) is 36. The summed E-state index contributed by atoms with van der Waals surface area (Å²) in [6.07, 6.45) is 80.0. The van der Waals surface area contributed by atoms with Crippen molar-refractivity contribution < 1.29 is 28.6 Å². The zero-order valence-corrected chi connectivity index (χ0v) is 48.1. The molecule has 0 bridgehead atoms. The summed E-state index contributed by atoms with van der Waals surface area (Å²) in [5, 5.41) is 0. The molecule has 0 heterocycles. The van der Waals surface area contributed by atoms with E-state index in [1.807, 2.05) is 24.3 Å². The van der Waals surface area contributed by atoms with E-state index >= 15 is 0 Å². The Hall–Kier alpha value is -3.41. The van der Waals surface area contributed by atoms with Gasteiger partial charge >= 0.3 is 17.9 Å². The summed E-state index contributed by atoms with van der Waals surface area (Å²) >= 11 is 0. The van der Waals surface area contributed by atoms with Gasteiger partial charge in [-0.1, -0.05) is 305 Å². The average Bonchev–Trinajstić information content (AvgIpc) is 3.39. The first-order valence-electron chi connectivity index (χ1n) is 31.2. The molecule has 0 saturated heterocycles. The fraction of sp³-hybridized carbons (Fsp3) is 0.746. The first-order chi connectivity index (χ1) is 36.0. The number of rotatable bonds is 56. The van der Waals surface area contributed by atoms with Crippen LogP contribution < -0.4 is 0 Å². The molecule has 0 aromatic rings. The Morgan fingerprint density at radius 1 is 0.274 bits per heavy atom. The van der Waals surface area contributed by atoms with Gasteiger partial charge in [0.2, 0.25) is 0 Å². The average molecular weight is 1020 g/mol. The summed E-state index contributed by atoms with van der Waals surface area (Å²) < 4.78 is 16.9. The molecular weight excluding hydrogens is 901 g/mol. The maximum Gasteiger partial charge on any atom is 0.306 e. The number of allylic oxidation sites excluding steroid dienone is 14. The topological polar surface area (TPSA) is 78.9 Å². The summed E-state index contributed by atoms with van der Waals surface area (Å²) in [5.41, 5.74) is 0. The van der Waals surface area contributed by atoms with Gasteiger partial charge in [-0.2, -0.15) is 0 Å². The van der Waals surface area contributed by atoms with Gasteiger partial charge in [-0.25, -0.2) is 0 Å². The number of carbonyl (C=O) groups excluding carboxylic acids is 3. The molecule has 0 radical (unpaired) electrons. The van der Waals surface area contributed by atoms with Crippen LogP contribution in [0.3, 0.4) is 0 Å². The van der Waals surface area contributed by atoms with E-state index in [-0.39, 0.29) is 31.1 Å². The van der Waals surface area contributed by atoms with Crippen LogP contribution in [-0.4, -0.2) is 37.2 Å². The number of hydrogen-bond acceptors (Lipinski definition) is 6. The molecule has 0 rings (SSSR count). The lowest BCUT2D eigenvalue weighted by Crippen LogP contribution is -2.30. The minimum absolute atomic E-state index is 0.0901. The molecule has 0 aromatic heterocycles. The normalized spacial score (nSPS) is 12.6. The van der Waals surface area contributed by atoms with Gasteiger partial charge in [-0.05, 0) is 64.2 Å². The fourth-order valence-corrected chi connectivity index (χ4v) is 8.82. The molecule has 0 aliphatic heterocycles. The van der Waals surface area contributed by atoms with Gasteiger partial charge in [0.1, 0.15) is 13.2 Å². The van der Waals surface area contributed by atoms with Crippen LogP contribution in [0.2, 0.25) is 0 Å². The smallest absolute Gasteiger partial charge is 0.306 e. The highest BCUT2D eigenvalue weighted by Gasteiger charge is 2.19. The zero-order valence-electron chi connectivity index (χ0n) is 48.1. The molecule has 0 aliphatic carbocycles. The molecule has 0 amide bonds. The molecule has 0 fully saturated rings. The molecule has 0 aliphatic rings. The van der Waals surface area contributed by atoms with Crippen molar-refractivity contribution in [2.75, 3.05) is 13.2 Å². The van der Waals surface area contributed by atoms with Crippen LogP contribution in [0.15, 0.2) is 85.1 Å². The van der Waals surface area contributed by atoms with Crippen LogP contribution in [0.5, 0.6) is 0 Å². The molecule has 420 valence electrons. The molecule has 1 unspecified atom stereocenters. The Balaban J connectivity index is 4.44. The van der Waals surface area contributed by atoms with E-state index in [4.69, 9.17) is 14.2 Å². The monoisotopic (exact) mass is 1020 g/mol. The van der Waals surface area contributed by atoms with Gasteiger partial charge in [0.25, 0.3) is 0 Å². The van der Waals surface area contributed by atoms with Crippen molar-refractivity contribution in [3.63, 3.8) is 0 Å². The maximum atomic E-state index is 12.9. The lowest BCUT2D eigenvalue weighted by Gasteiger charge is -2.18. The van der Waals surface area contributed by atoms with Crippen LogP contribution in [0, 0.1) is 0 Å². The predicted octanol–water partition coefficient (Wildman–Crippen LogP) is 21.1. The van der Waals surface area contributed by atoms with Crippen LogP contribution >= 0.6 is 0 Å². The van der Waals surface area contributed by atoms with E-state index in [1.165, 1.54) is 161 Å². The largest absolute Gasteiger partial charge is 0.462 e. The Bertz CT molecular complexity index is 1400. The molecule has 73 heavy (non-hydrogen) atoms. The number of hydrogen-bond donors (Lipinski definition) is 0. The van der Waals surface area contributed by atoms with E-state index in [0.717, 1.165) is 103 Å². The van der Waals surface area contributed by atoms with Gasteiger partial charge in [-0.3, -0.25) is 14.4 Å². The van der Waals surface area contributed by atoms with Gasteiger partial charge in [0.05, 0.1) is 0 Å². The first-order valence-corrected chi connectivity index (χ1v) is 31.2. The molecule has 0 saturated carbocycles. The van der Waals surface area contributed by atoms with E-state index in [1.54, 1.807) is 0 Å². The van der Waals surface area contributed by atoms with Crippen LogP contribution in [0.1, 0.15) is 303 Å². The summed E-state index contributed by atoms with van der Waals surface area (Å²) in [5.74, 6) is -0.918. The molecule has 1 atom stereocenters.